The van der Waals surface area contributed by atoms with Crippen molar-refractivity contribution in [2.75, 3.05) is 0 Å². The lowest BCUT2D eigenvalue weighted by Crippen LogP contribution is -2.47. The molecule has 0 aromatic heterocycles. The summed E-state index contributed by atoms with van der Waals surface area (Å²) in [5.74, 6) is -1.09. The third-order valence-corrected chi connectivity index (χ3v) is 6.30. The van der Waals surface area contributed by atoms with E-state index in [9.17, 15) is 14.7 Å². The number of allylic oxidation sites excluding steroid dienone is 2. The van der Waals surface area contributed by atoms with Crippen molar-refractivity contribution in [2.45, 2.75) is 38.8 Å². The average Bonchev–Trinajstić information content (AvgIpc) is 3.27. The normalized spacial score (nSPS) is 31.1. The lowest BCUT2D eigenvalue weighted by atomic mass is 9.81. The van der Waals surface area contributed by atoms with E-state index in [0.717, 1.165) is 12.0 Å². The molecule has 1 aromatic rings. The molecule has 3 aliphatic carbocycles. The van der Waals surface area contributed by atoms with Crippen LogP contribution in [0.4, 0.5) is 0 Å². The van der Waals surface area contributed by atoms with Gasteiger partial charge in [0, 0.05) is 12.6 Å². The van der Waals surface area contributed by atoms with Gasteiger partial charge in [-0.1, -0.05) is 42.5 Å². The fourth-order valence-corrected chi connectivity index (χ4v) is 4.72. The van der Waals surface area contributed by atoms with Crippen molar-refractivity contribution < 1.29 is 14.7 Å². The van der Waals surface area contributed by atoms with Crippen molar-refractivity contribution in [3.8, 4) is 0 Å². The van der Waals surface area contributed by atoms with Gasteiger partial charge in [0.15, 0.2) is 0 Å². The first-order chi connectivity index (χ1) is 12.1. The van der Waals surface area contributed by atoms with Crippen LogP contribution in [0.1, 0.15) is 31.7 Å². The van der Waals surface area contributed by atoms with Crippen molar-refractivity contribution >= 4 is 11.9 Å². The summed E-state index contributed by atoms with van der Waals surface area (Å²) < 4.78 is 0. The monoisotopic (exact) mass is 339 g/mol. The van der Waals surface area contributed by atoms with Gasteiger partial charge in [0.2, 0.25) is 5.91 Å². The Bertz CT molecular complexity index is 694. The molecular formula is C21H25NO3. The molecule has 0 heterocycles. The molecular weight excluding hydrogens is 314 g/mol. The zero-order chi connectivity index (χ0) is 17.6. The number of carboxylic acids is 1. The predicted molar refractivity (Wildman–Crippen MR) is 94.5 cm³/mol. The second kappa shape index (κ2) is 6.32. The summed E-state index contributed by atoms with van der Waals surface area (Å²) in [4.78, 5) is 27.2. The average molecular weight is 339 g/mol. The van der Waals surface area contributed by atoms with Crippen molar-refractivity contribution in [2.24, 2.45) is 29.6 Å². The molecule has 4 heteroatoms. The van der Waals surface area contributed by atoms with Gasteiger partial charge in [0.05, 0.1) is 11.8 Å². The summed E-state index contributed by atoms with van der Waals surface area (Å²) in [5, 5.41) is 9.68. The van der Waals surface area contributed by atoms with Crippen LogP contribution in [0.2, 0.25) is 0 Å². The molecule has 3 unspecified atom stereocenters. The molecule has 4 rings (SSSR count). The molecule has 2 fully saturated rings. The maximum atomic E-state index is 13.5. The molecule has 25 heavy (non-hydrogen) atoms. The van der Waals surface area contributed by atoms with E-state index in [1.807, 2.05) is 41.3 Å². The van der Waals surface area contributed by atoms with Gasteiger partial charge in [-0.2, -0.15) is 0 Å². The van der Waals surface area contributed by atoms with Crippen molar-refractivity contribution in [1.29, 1.82) is 0 Å². The minimum Gasteiger partial charge on any atom is -0.481 e. The maximum Gasteiger partial charge on any atom is 0.307 e. The zero-order valence-electron chi connectivity index (χ0n) is 14.5. The topological polar surface area (TPSA) is 57.6 Å². The Balaban J connectivity index is 1.61. The van der Waals surface area contributed by atoms with Gasteiger partial charge in [0.1, 0.15) is 0 Å². The number of hydrogen-bond acceptors (Lipinski definition) is 2. The lowest BCUT2D eigenvalue weighted by molar-refractivity contribution is -0.152. The van der Waals surface area contributed by atoms with Crippen LogP contribution in [0.25, 0.3) is 0 Å². The van der Waals surface area contributed by atoms with E-state index in [1.54, 1.807) is 0 Å². The second-order valence-corrected chi connectivity index (χ2v) is 7.87. The van der Waals surface area contributed by atoms with Crippen molar-refractivity contribution in [3.05, 3.63) is 48.0 Å². The van der Waals surface area contributed by atoms with Crippen LogP contribution >= 0.6 is 0 Å². The highest BCUT2D eigenvalue weighted by molar-refractivity contribution is 5.87. The summed E-state index contributed by atoms with van der Waals surface area (Å²) >= 11 is 0. The molecule has 0 spiro atoms. The summed E-state index contributed by atoms with van der Waals surface area (Å²) in [7, 11) is 0. The summed E-state index contributed by atoms with van der Waals surface area (Å²) in [6.07, 6.45) is 7.20. The smallest absolute Gasteiger partial charge is 0.307 e. The number of carbonyl (C=O) groups is 2. The van der Waals surface area contributed by atoms with Crippen LogP contribution in [0.5, 0.6) is 0 Å². The standard InChI is InChI=1S/C21H25NO3/c1-13(15-7-8-15)22(12-14-5-3-2-4-6-14)20(23)18-16-9-10-17(11-16)19(18)21(24)25/h2-6,9-10,13,15-19H,7-8,11-12H2,1H3,(H,24,25)/t13?,16?,17?,18-,19+/m0/s1. The quantitative estimate of drug-likeness (QED) is 0.809. The summed E-state index contributed by atoms with van der Waals surface area (Å²) in [5.41, 5.74) is 1.11. The SMILES string of the molecule is CC(C1CC1)N(Cc1ccccc1)C(=O)[C@H]1C2C=CC(C2)[C@H]1C(=O)O. The number of nitrogens with zero attached hydrogens (tertiary/aromatic N) is 1. The molecule has 0 radical (unpaired) electrons. The number of hydrogen-bond donors (Lipinski definition) is 1. The Labute approximate surface area is 148 Å². The van der Waals surface area contributed by atoms with Crippen LogP contribution in [0.3, 0.4) is 0 Å². The number of fused-ring (bicyclic) bond motifs is 2. The minimum atomic E-state index is -0.825. The van der Waals surface area contributed by atoms with E-state index in [4.69, 9.17) is 0 Å². The first-order valence-electron chi connectivity index (χ1n) is 9.32. The van der Waals surface area contributed by atoms with E-state index in [-0.39, 0.29) is 23.8 Å². The molecule has 4 nitrogen and oxygen atoms in total. The summed E-state index contributed by atoms with van der Waals surface area (Å²) in [6.45, 7) is 2.69. The molecule has 1 aromatic carbocycles. The molecule has 132 valence electrons. The first kappa shape index (κ1) is 16.4. The van der Waals surface area contributed by atoms with Crippen LogP contribution in [0, 0.1) is 29.6 Å². The third kappa shape index (κ3) is 2.99. The highest BCUT2D eigenvalue weighted by Crippen LogP contribution is 2.49. The van der Waals surface area contributed by atoms with Gasteiger partial charge in [0.25, 0.3) is 0 Å². The molecule has 3 aliphatic rings. The van der Waals surface area contributed by atoms with Gasteiger partial charge in [-0.15, -0.1) is 0 Å². The number of carboxylic acid groups (broad SMARTS) is 1. The van der Waals surface area contributed by atoms with Crippen molar-refractivity contribution in [1.82, 2.24) is 4.90 Å². The van der Waals surface area contributed by atoms with Crippen molar-refractivity contribution in [3.63, 3.8) is 0 Å². The molecule has 5 atom stereocenters. The number of carbonyl (C=O) groups excluding carboxylic acids is 1. The molecule has 2 bridgehead atoms. The largest absolute Gasteiger partial charge is 0.481 e. The fourth-order valence-electron chi connectivity index (χ4n) is 4.72. The Morgan fingerprint density at radius 3 is 2.36 bits per heavy atom. The van der Waals surface area contributed by atoms with Gasteiger partial charge in [-0.05, 0) is 49.5 Å². The third-order valence-electron chi connectivity index (χ3n) is 6.30. The van der Waals surface area contributed by atoms with Gasteiger partial charge in [-0.25, -0.2) is 0 Å². The van der Waals surface area contributed by atoms with Crippen LogP contribution < -0.4 is 0 Å². The zero-order valence-corrected chi connectivity index (χ0v) is 14.5. The minimum absolute atomic E-state index is 0.0197. The maximum absolute atomic E-state index is 13.5. The van der Waals surface area contributed by atoms with Crippen LogP contribution in [-0.2, 0) is 16.1 Å². The van der Waals surface area contributed by atoms with Gasteiger partial charge < -0.3 is 10.0 Å². The number of rotatable bonds is 6. The van der Waals surface area contributed by atoms with E-state index in [0.29, 0.717) is 12.5 Å². The molecule has 0 saturated heterocycles. The Hall–Kier alpha value is -2.10. The fraction of sp³-hybridized carbons (Fsp3) is 0.524. The highest BCUT2D eigenvalue weighted by Gasteiger charge is 2.53. The Morgan fingerprint density at radius 1 is 1.12 bits per heavy atom. The Morgan fingerprint density at radius 2 is 1.76 bits per heavy atom. The van der Waals surface area contributed by atoms with E-state index in [1.165, 1.54) is 12.8 Å². The molecule has 0 aliphatic heterocycles. The lowest BCUT2D eigenvalue weighted by Gasteiger charge is -2.35. The van der Waals surface area contributed by atoms with Crippen LogP contribution in [-0.4, -0.2) is 27.9 Å². The van der Waals surface area contributed by atoms with Crippen LogP contribution in [0.15, 0.2) is 42.5 Å². The predicted octanol–water partition coefficient (Wildman–Crippen LogP) is 3.34. The number of aliphatic carboxylic acids is 1. The molecule has 2 saturated carbocycles. The summed E-state index contributed by atoms with van der Waals surface area (Å²) in [6, 6.07) is 10.2. The van der Waals surface area contributed by atoms with E-state index >= 15 is 0 Å². The molecule has 1 amide bonds. The van der Waals surface area contributed by atoms with Gasteiger partial charge >= 0.3 is 5.97 Å². The van der Waals surface area contributed by atoms with E-state index in [2.05, 4.69) is 13.0 Å². The Kier molecular flexibility index (Phi) is 4.14. The second-order valence-electron chi connectivity index (χ2n) is 7.87. The van der Waals surface area contributed by atoms with E-state index < -0.39 is 17.8 Å². The number of benzene rings is 1. The number of amides is 1. The highest BCUT2D eigenvalue weighted by atomic mass is 16.4. The van der Waals surface area contributed by atoms with Gasteiger partial charge in [-0.3, -0.25) is 9.59 Å². The molecule has 1 N–H and O–H groups in total. The first-order valence-corrected chi connectivity index (χ1v) is 9.32.